The van der Waals surface area contributed by atoms with E-state index >= 15 is 0 Å². The van der Waals surface area contributed by atoms with Crippen LogP contribution < -0.4 is 5.32 Å². The van der Waals surface area contributed by atoms with E-state index in [2.05, 4.69) is 5.32 Å². The van der Waals surface area contributed by atoms with E-state index in [1.807, 2.05) is 34.0 Å². The first kappa shape index (κ1) is 16.3. The van der Waals surface area contributed by atoms with Gasteiger partial charge < -0.3 is 10.2 Å². The van der Waals surface area contributed by atoms with Gasteiger partial charge >= 0.3 is 0 Å². The molecule has 1 rings (SSSR count). The molecule has 2 amide bonds. The standard InChI is InChI=1S/C14H26N2O2S/c1-6-13(4)11(17)15-14(7-2,8-3)12(18)16(13)9-10-19-5/h6-10H2,1-5H3,(H,15,17). The van der Waals surface area contributed by atoms with Crippen LogP contribution in [0, 0.1) is 0 Å². The average molecular weight is 286 g/mol. The lowest BCUT2D eigenvalue weighted by Gasteiger charge is -2.50. The Morgan fingerprint density at radius 3 is 2.16 bits per heavy atom. The molecule has 0 bridgehead atoms. The molecule has 1 unspecified atom stereocenters. The first-order chi connectivity index (χ1) is 8.91. The van der Waals surface area contributed by atoms with Gasteiger partial charge in [-0.15, -0.1) is 0 Å². The minimum atomic E-state index is -0.708. The normalized spacial score (nSPS) is 26.5. The van der Waals surface area contributed by atoms with Crippen LogP contribution in [0.3, 0.4) is 0 Å². The van der Waals surface area contributed by atoms with Crippen LogP contribution in [-0.2, 0) is 9.59 Å². The molecule has 1 N–H and O–H groups in total. The maximum atomic E-state index is 12.8. The lowest BCUT2D eigenvalue weighted by molar-refractivity contribution is -0.162. The van der Waals surface area contributed by atoms with Crippen molar-refractivity contribution in [3.05, 3.63) is 0 Å². The van der Waals surface area contributed by atoms with Crippen molar-refractivity contribution in [1.82, 2.24) is 10.2 Å². The quantitative estimate of drug-likeness (QED) is 0.813. The van der Waals surface area contributed by atoms with Gasteiger partial charge in [0.1, 0.15) is 11.1 Å². The number of amides is 2. The highest BCUT2D eigenvalue weighted by Crippen LogP contribution is 2.32. The Labute approximate surface area is 120 Å². The van der Waals surface area contributed by atoms with Gasteiger partial charge in [0.15, 0.2) is 0 Å². The van der Waals surface area contributed by atoms with E-state index < -0.39 is 11.1 Å². The van der Waals surface area contributed by atoms with Gasteiger partial charge in [-0.1, -0.05) is 20.8 Å². The Kier molecular flexibility index (Phi) is 5.30. The number of carbonyl (C=O) groups is 2. The molecule has 0 aliphatic carbocycles. The molecule has 0 aromatic rings. The Hall–Kier alpha value is -0.710. The maximum absolute atomic E-state index is 12.8. The molecule has 0 saturated carbocycles. The van der Waals surface area contributed by atoms with E-state index in [0.29, 0.717) is 25.8 Å². The molecule has 0 aromatic heterocycles. The van der Waals surface area contributed by atoms with Crippen molar-refractivity contribution in [2.45, 2.75) is 58.0 Å². The van der Waals surface area contributed by atoms with Crippen LogP contribution in [0.4, 0.5) is 0 Å². The zero-order valence-electron chi connectivity index (χ0n) is 12.7. The molecular weight excluding hydrogens is 260 g/mol. The summed E-state index contributed by atoms with van der Waals surface area (Å²) in [7, 11) is 0. The Balaban J connectivity index is 3.15. The lowest BCUT2D eigenvalue weighted by atomic mass is 9.81. The smallest absolute Gasteiger partial charge is 0.249 e. The summed E-state index contributed by atoms with van der Waals surface area (Å²) in [5.74, 6) is 0.924. The average Bonchev–Trinajstić information content (AvgIpc) is 2.43. The molecule has 0 aromatic carbocycles. The van der Waals surface area contributed by atoms with Crippen LogP contribution in [0.5, 0.6) is 0 Å². The molecule has 5 heteroatoms. The van der Waals surface area contributed by atoms with Gasteiger partial charge in [0, 0.05) is 12.3 Å². The molecule has 0 radical (unpaired) electrons. The monoisotopic (exact) mass is 286 g/mol. The van der Waals surface area contributed by atoms with Gasteiger partial charge in [-0.3, -0.25) is 9.59 Å². The number of thioether (sulfide) groups is 1. The zero-order chi connectivity index (χ0) is 14.7. The third-order valence-corrected chi connectivity index (χ3v) is 5.10. The van der Waals surface area contributed by atoms with Gasteiger partial charge in [-0.05, 0) is 32.4 Å². The summed E-state index contributed by atoms with van der Waals surface area (Å²) in [6.45, 7) is 8.39. The highest BCUT2D eigenvalue weighted by atomic mass is 32.2. The fourth-order valence-corrected chi connectivity index (χ4v) is 2.99. The largest absolute Gasteiger partial charge is 0.340 e. The van der Waals surface area contributed by atoms with E-state index in [9.17, 15) is 9.59 Å². The Bertz CT molecular complexity index is 355. The van der Waals surface area contributed by atoms with E-state index in [1.165, 1.54) is 0 Å². The van der Waals surface area contributed by atoms with Crippen LogP contribution in [0.25, 0.3) is 0 Å². The minimum Gasteiger partial charge on any atom is -0.340 e. The number of nitrogens with zero attached hydrogens (tertiary/aromatic N) is 1. The zero-order valence-corrected chi connectivity index (χ0v) is 13.5. The summed E-state index contributed by atoms with van der Waals surface area (Å²) in [5, 5.41) is 2.99. The summed E-state index contributed by atoms with van der Waals surface area (Å²) in [6, 6.07) is 0. The predicted octanol–water partition coefficient (Wildman–Crippen LogP) is 2.04. The van der Waals surface area contributed by atoms with Gasteiger partial charge in [0.05, 0.1) is 0 Å². The van der Waals surface area contributed by atoms with E-state index in [0.717, 1.165) is 5.75 Å². The Morgan fingerprint density at radius 1 is 1.16 bits per heavy atom. The number of hydrogen-bond donors (Lipinski definition) is 1. The predicted molar refractivity (Wildman–Crippen MR) is 80.2 cm³/mol. The van der Waals surface area contributed by atoms with Gasteiger partial charge in [0.2, 0.25) is 11.8 Å². The molecular formula is C14H26N2O2S. The van der Waals surface area contributed by atoms with Gasteiger partial charge in [0.25, 0.3) is 0 Å². The van der Waals surface area contributed by atoms with Crippen LogP contribution >= 0.6 is 11.8 Å². The number of carbonyl (C=O) groups excluding carboxylic acids is 2. The molecule has 1 fully saturated rings. The summed E-state index contributed by atoms with van der Waals surface area (Å²) in [4.78, 5) is 27.1. The first-order valence-corrected chi connectivity index (χ1v) is 8.44. The fourth-order valence-electron chi connectivity index (χ4n) is 2.62. The van der Waals surface area contributed by atoms with Crippen molar-refractivity contribution >= 4 is 23.6 Å². The molecule has 1 aliphatic heterocycles. The van der Waals surface area contributed by atoms with Gasteiger partial charge in [-0.25, -0.2) is 0 Å². The highest BCUT2D eigenvalue weighted by molar-refractivity contribution is 7.98. The Morgan fingerprint density at radius 2 is 1.74 bits per heavy atom. The van der Waals surface area contributed by atoms with Crippen LogP contribution in [0.2, 0.25) is 0 Å². The van der Waals surface area contributed by atoms with E-state index in [-0.39, 0.29) is 11.8 Å². The van der Waals surface area contributed by atoms with Crippen molar-refractivity contribution < 1.29 is 9.59 Å². The SMILES string of the molecule is CCC1(CC)NC(=O)C(C)(CC)N(CCSC)C1=O. The first-order valence-electron chi connectivity index (χ1n) is 7.05. The van der Waals surface area contributed by atoms with Crippen molar-refractivity contribution in [2.24, 2.45) is 0 Å². The molecule has 1 saturated heterocycles. The molecule has 0 spiro atoms. The van der Waals surface area contributed by atoms with Crippen molar-refractivity contribution in [3.8, 4) is 0 Å². The minimum absolute atomic E-state index is 0.0144. The summed E-state index contributed by atoms with van der Waals surface area (Å²) >= 11 is 1.70. The second-order valence-corrected chi connectivity index (χ2v) is 6.31. The van der Waals surface area contributed by atoms with Crippen LogP contribution in [0.15, 0.2) is 0 Å². The number of hydrogen-bond acceptors (Lipinski definition) is 3. The molecule has 4 nitrogen and oxygen atoms in total. The molecule has 1 atom stereocenters. The van der Waals surface area contributed by atoms with Crippen molar-refractivity contribution in [2.75, 3.05) is 18.6 Å². The third kappa shape index (κ3) is 2.62. The molecule has 1 heterocycles. The van der Waals surface area contributed by atoms with E-state index in [1.54, 1.807) is 16.7 Å². The van der Waals surface area contributed by atoms with Gasteiger partial charge in [-0.2, -0.15) is 11.8 Å². The van der Waals surface area contributed by atoms with Crippen molar-refractivity contribution in [3.63, 3.8) is 0 Å². The maximum Gasteiger partial charge on any atom is 0.249 e. The van der Waals surface area contributed by atoms with Crippen LogP contribution in [0.1, 0.15) is 47.0 Å². The van der Waals surface area contributed by atoms with E-state index in [4.69, 9.17) is 0 Å². The number of piperazine rings is 1. The third-order valence-electron chi connectivity index (χ3n) is 4.51. The lowest BCUT2D eigenvalue weighted by Crippen LogP contribution is -2.74. The second kappa shape index (κ2) is 6.16. The summed E-state index contributed by atoms with van der Waals surface area (Å²) < 4.78 is 0. The molecule has 110 valence electrons. The molecule has 1 aliphatic rings. The number of rotatable bonds is 6. The van der Waals surface area contributed by atoms with Crippen molar-refractivity contribution in [1.29, 1.82) is 0 Å². The fraction of sp³-hybridized carbons (Fsp3) is 0.857. The topological polar surface area (TPSA) is 49.4 Å². The highest BCUT2D eigenvalue weighted by Gasteiger charge is 2.53. The number of nitrogens with one attached hydrogen (secondary N) is 1. The van der Waals surface area contributed by atoms with Crippen LogP contribution in [-0.4, -0.2) is 46.3 Å². The second-order valence-electron chi connectivity index (χ2n) is 5.32. The summed E-state index contributed by atoms with van der Waals surface area (Å²) in [5.41, 5.74) is -1.41. The summed E-state index contributed by atoms with van der Waals surface area (Å²) in [6.07, 6.45) is 3.94. The molecule has 19 heavy (non-hydrogen) atoms.